The predicted octanol–water partition coefficient (Wildman–Crippen LogP) is -2.25. The molecule has 1 fully saturated rings. The van der Waals surface area contributed by atoms with Gasteiger partial charge in [0.2, 0.25) is 0 Å². The first-order chi connectivity index (χ1) is 3.79. The summed E-state index contributed by atoms with van der Waals surface area (Å²) in [5, 5.41) is 6.04. The van der Waals surface area contributed by atoms with Gasteiger partial charge in [-0.05, 0) is 0 Å². The maximum atomic E-state index is 5.47. The van der Waals surface area contributed by atoms with Crippen LogP contribution in [0.25, 0.3) is 0 Å². The third-order valence-electron chi connectivity index (χ3n) is 1.16. The Hall–Kier alpha value is -0.160. The molecule has 0 aromatic carbocycles. The molecule has 4 heteroatoms. The van der Waals surface area contributed by atoms with Gasteiger partial charge in [-0.3, -0.25) is 5.32 Å². The molecule has 1 aliphatic heterocycles. The van der Waals surface area contributed by atoms with E-state index in [9.17, 15) is 0 Å². The minimum Gasteiger partial charge on any atom is -0.315 e. The quantitative estimate of drug-likeness (QED) is 0.288. The van der Waals surface area contributed by atoms with Gasteiger partial charge in [0.05, 0.1) is 12.3 Å². The van der Waals surface area contributed by atoms with Crippen molar-refractivity contribution in [1.29, 1.82) is 0 Å². The van der Waals surface area contributed by atoms with Crippen LogP contribution in [0.1, 0.15) is 0 Å². The molecule has 0 aromatic heterocycles. The molecular formula is C4H12N4. The van der Waals surface area contributed by atoms with Crippen LogP contribution in [0.4, 0.5) is 0 Å². The molecule has 0 saturated carbocycles. The van der Waals surface area contributed by atoms with E-state index in [1.165, 1.54) is 0 Å². The van der Waals surface area contributed by atoms with Gasteiger partial charge in [-0.15, -0.1) is 0 Å². The van der Waals surface area contributed by atoms with Crippen LogP contribution in [0.15, 0.2) is 0 Å². The monoisotopic (exact) mass is 116 g/mol. The Labute approximate surface area is 48.6 Å². The zero-order chi connectivity index (χ0) is 5.98. The molecule has 2 atom stereocenters. The van der Waals surface area contributed by atoms with Crippen LogP contribution in [-0.4, -0.2) is 25.4 Å². The van der Waals surface area contributed by atoms with Crippen LogP contribution in [-0.2, 0) is 0 Å². The fourth-order valence-corrected chi connectivity index (χ4v) is 0.787. The molecule has 4 nitrogen and oxygen atoms in total. The Bertz CT molecular complexity index is 66.4. The van der Waals surface area contributed by atoms with Gasteiger partial charge in [-0.2, -0.15) is 0 Å². The summed E-state index contributed by atoms with van der Waals surface area (Å²) < 4.78 is 0. The van der Waals surface area contributed by atoms with Gasteiger partial charge in [-0.1, -0.05) is 0 Å². The molecule has 0 aromatic rings. The lowest BCUT2D eigenvalue weighted by molar-refractivity contribution is 0.350. The number of rotatable bonds is 0. The Kier molecular flexibility index (Phi) is 1.80. The highest BCUT2D eigenvalue weighted by atomic mass is 15.2. The maximum Gasteiger partial charge on any atom is 0.0687 e. The molecule has 1 aliphatic rings. The van der Waals surface area contributed by atoms with Gasteiger partial charge in [0, 0.05) is 13.1 Å². The second kappa shape index (κ2) is 2.41. The summed E-state index contributed by atoms with van der Waals surface area (Å²) in [4.78, 5) is 0. The highest BCUT2D eigenvalue weighted by Crippen LogP contribution is 1.79. The van der Waals surface area contributed by atoms with Crippen molar-refractivity contribution >= 4 is 0 Å². The van der Waals surface area contributed by atoms with E-state index < -0.39 is 0 Å². The summed E-state index contributed by atoms with van der Waals surface area (Å²) >= 11 is 0. The van der Waals surface area contributed by atoms with Gasteiger partial charge >= 0.3 is 0 Å². The fourth-order valence-electron chi connectivity index (χ4n) is 0.787. The molecule has 0 aliphatic carbocycles. The highest BCUT2D eigenvalue weighted by Gasteiger charge is 2.11. The Morgan fingerprint density at radius 1 is 1.12 bits per heavy atom. The summed E-state index contributed by atoms with van der Waals surface area (Å²) in [7, 11) is 0. The van der Waals surface area contributed by atoms with E-state index in [1.807, 2.05) is 0 Å². The third-order valence-corrected chi connectivity index (χ3v) is 1.16. The van der Waals surface area contributed by atoms with Crippen LogP contribution in [0, 0.1) is 0 Å². The van der Waals surface area contributed by atoms with E-state index >= 15 is 0 Å². The minimum atomic E-state index is 0.0266. The molecule has 0 amide bonds. The molecule has 48 valence electrons. The lowest BCUT2D eigenvalue weighted by atomic mass is 10.3. The lowest BCUT2D eigenvalue weighted by Gasteiger charge is -2.26. The summed E-state index contributed by atoms with van der Waals surface area (Å²) in [5.41, 5.74) is 10.9. The van der Waals surface area contributed by atoms with Crippen molar-refractivity contribution in [3.8, 4) is 0 Å². The van der Waals surface area contributed by atoms with Gasteiger partial charge < -0.3 is 16.8 Å². The van der Waals surface area contributed by atoms with Crippen LogP contribution in [0.2, 0.25) is 0 Å². The summed E-state index contributed by atoms with van der Waals surface area (Å²) in [5.74, 6) is 0. The Morgan fingerprint density at radius 2 is 1.62 bits per heavy atom. The number of hydrogen-bond acceptors (Lipinski definition) is 4. The molecule has 0 unspecified atom stereocenters. The van der Waals surface area contributed by atoms with Gasteiger partial charge in [0.1, 0.15) is 0 Å². The number of piperazine rings is 1. The van der Waals surface area contributed by atoms with Crippen molar-refractivity contribution < 1.29 is 0 Å². The molecule has 1 saturated heterocycles. The predicted molar refractivity (Wildman–Crippen MR) is 32.0 cm³/mol. The molecule has 1 rings (SSSR count). The van der Waals surface area contributed by atoms with Gasteiger partial charge in [0.25, 0.3) is 0 Å². The van der Waals surface area contributed by atoms with Gasteiger partial charge in [0.15, 0.2) is 0 Å². The normalized spacial score (nSPS) is 39.8. The SMILES string of the molecule is N[C@@H]1CNC[C@H](N)N1. The lowest BCUT2D eigenvalue weighted by Crippen LogP contribution is -2.61. The van der Waals surface area contributed by atoms with E-state index in [0.717, 1.165) is 13.1 Å². The van der Waals surface area contributed by atoms with Crippen molar-refractivity contribution in [2.24, 2.45) is 11.5 Å². The largest absolute Gasteiger partial charge is 0.315 e. The van der Waals surface area contributed by atoms with Crippen molar-refractivity contribution in [2.45, 2.75) is 12.3 Å². The van der Waals surface area contributed by atoms with Crippen molar-refractivity contribution in [3.63, 3.8) is 0 Å². The Morgan fingerprint density at radius 3 is 1.88 bits per heavy atom. The molecule has 0 spiro atoms. The average molecular weight is 116 g/mol. The average Bonchev–Trinajstić information content (AvgIpc) is 1.64. The first kappa shape index (κ1) is 5.97. The molecule has 6 N–H and O–H groups in total. The molecule has 8 heavy (non-hydrogen) atoms. The molecule has 1 heterocycles. The summed E-state index contributed by atoms with van der Waals surface area (Å²) in [6.07, 6.45) is 0.0532. The second-order valence-electron chi connectivity index (χ2n) is 2.04. The van der Waals surface area contributed by atoms with Crippen molar-refractivity contribution in [3.05, 3.63) is 0 Å². The molecular weight excluding hydrogens is 104 g/mol. The zero-order valence-corrected chi connectivity index (χ0v) is 4.72. The third kappa shape index (κ3) is 1.41. The van der Waals surface area contributed by atoms with E-state index in [4.69, 9.17) is 11.5 Å². The maximum absolute atomic E-state index is 5.47. The topological polar surface area (TPSA) is 76.1 Å². The number of nitrogens with one attached hydrogen (secondary N) is 2. The van der Waals surface area contributed by atoms with Crippen LogP contribution < -0.4 is 22.1 Å². The second-order valence-corrected chi connectivity index (χ2v) is 2.04. The van der Waals surface area contributed by atoms with E-state index in [2.05, 4.69) is 10.6 Å². The zero-order valence-electron chi connectivity index (χ0n) is 4.72. The van der Waals surface area contributed by atoms with Crippen LogP contribution in [0.3, 0.4) is 0 Å². The van der Waals surface area contributed by atoms with E-state index in [0.29, 0.717) is 0 Å². The number of hydrogen-bond donors (Lipinski definition) is 4. The number of nitrogens with two attached hydrogens (primary N) is 2. The highest BCUT2D eigenvalue weighted by molar-refractivity contribution is 4.74. The summed E-state index contributed by atoms with van der Waals surface area (Å²) in [6.45, 7) is 1.63. The smallest absolute Gasteiger partial charge is 0.0687 e. The first-order valence-electron chi connectivity index (χ1n) is 2.77. The van der Waals surface area contributed by atoms with E-state index in [-0.39, 0.29) is 12.3 Å². The van der Waals surface area contributed by atoms with Crippen molar-refractivity contribution in [1.82, 2.24) is 10.6 Å². The van der Waals surface area contributed by atoms with Crippen LogP contribution in [0.5, 0.6) is 0 Å². The Balaban J connectivity index is 2.23. The minimum absolute atomic E-state index is 0.0266. The molecule has 0 radical (unpaired) electrons. The van der Waals surface area contributed by atoms with Gasteiger partial charge in [-0.25, -0.2) is 0 Å². The molecule has 0 bridgehead atoms. The standard InChI is InChI=1S/C4H12N4/c5-3-1-7-2-4(6)8-3/h3-4,7-8H,1-2,5-6H2/t3-,4+. The summed E-state index contributed by atoms with van der Waals surface area (Å²) in [6, 6.07) is 0. The van der Waals surface area contributed by atoms with Crippen molar-refractivity contribution in [2.75, 3.05) is 13.1 Å². The first-order valence-corrected chi connectivity index (χ1v) is 2.77. The fraction of sp³-hybridized carbons (Fsp3) is 1.00. The van der Waals surface area contributed by atoms with Crippen LogP contribution >= 0.6 is 0 Å². The van der Waals surface area contributed by atoms with E-state index in [1.54, 1.807) is 0 Å².